The lowest BCUT2D eigenvalue weighted by molar-refractivity contribution is 0.0939. The molecule has 5 heteroatoms. The van der Waals surface area contributed by atoms with Gasteiger partial charge in [-0.05, 0) is 47.9 Å². The minimum atomic E-state index is -0.468. The fourth-order valence-electron chi connectivity index (χ4n) is 3.05. The van der Waals surface area contributed by atoms with Gasteiger partial charge in [-0.2, -0.15) is 0 Å². The summed E-state index contributed by atoms with van der Waals surface area (Å²) in [7, 11) is 0. The van der Waals surface area contributed by atoms with E-state index in [2.05, 4.69) is 41.5 Å². The van der Waals surface area contributed by atoms with E-state index in [0.29, 0.717) is 11.3 Å². The first-order valence-corrected chi connectivity index (χ1v) is 8.79. The molecule has 0 bridgehead atoms. The summed E-state index contributed by atoms with van der Waals surface area (Å²) in [4.78, 5) is 23.9. The quantitative estimate of drug-likeness (QED) is 0.564. The fourth-order valence-corrected chi connectivity index (χ4v) is 3.18. The van der Waals surface area contributed by atoms with Crippen LogP contribution in [-0.4, -0.2) is 11.1 Å². The van der Waals surface area contributed by atoms with Crippen LogP contribution in [0.4, 0.5) is 10.5 Å². The molecular weight excluding hydrogens is 344 g/mol. The average Bonchev–Trinajstić information content (AvgIpc) is 2.62. The first kappa shape index (κ1) is 18.0. The lowest BCUT2D eigenvalue weighted by atomic mass is 9.99. The predicted molar refractivity (Wildman–Crippen MR) is 109 cm³/mol. The molecular formula is C21H20N2O2S. The Morgan fingerprint density at radius 3 is 2.50 bits per heavy atom. The number of aryl methyl sites for hydroxylation is 1. The number of nitrogens with one attached hydrogen (secondary N) is 2. The lowest BCUT2D eigenvalue weighted by Gasteiger charge is -2.18. The van der Waals surface area contributed by atoms with Crippen molar-refractivity contribution in [1.82, 2.24) is 5.32 Å². The van der Waals surface area contributed by atoms with Gasteiger partial charge in [-0.15, -0.1) is 0 Å². The molecule has 0 radical (unpaired) electrons. The number of amides is 2. The van der Waals surface area contributed by atoms with E-state index in [-0.39, 0.29) is 11.9 Å². The molecule has 3 aromatic carbocycles. The molecule has 3 aromatic rings. The fraction of sp³-hybridized carbons (Fsp3) is 0.143. The van der Waals surface area contributed by atoms with Crippen LogP contribution in [-0.2, 0) is 0 Å². The van der Waals surface area contributed by atoms with Gasteiger partial charge in [0.15, 0.2) is 0 Å². The molecule has 0 aliphatic heterocycles. The molecule has 26 heavy (non-hydrogen) atoms. The van der Waals surface area contributed by atoms with Crippen molar-refractivity contribution in [1.29, 1.82) is 0 Å². The number of rotatable bonds is 4. The molecule has 0 aliphatic rings. The molecule has 0 saturated carbocycles. The van der Waals surface area contributed by atoms with Crippen molar-refractivity contribution < 1.29 is 9.59 Å². The Kier molecular flexibility index (Phi) is 5.28. The number of thiol groups is 1. The number of fused-ring (bicyclic) bond motifs is 1. The largest absolute Gasteiger partial charge is 0.345 e. The van der Waals surface area contributed by atoms with Crippen LogP contribution >= 0.6 is 12.6 Å². The van der Waals surface area contributed by atoms with E-state index in [9.17, 15) is 9.59 Å². The lowest BCUT2D eigenvalue weighted by Crippen LogP contribution is -2.27. The van der Waals surface area contributed by atoms with E-state index in [0.717, 1.165) is 21.9 Å². The summed E-state index contributed by atoms with van der Waals surface area (Å²) in [5.74, 6) is -0.182. The standard InChI is InChI=1S/C21H20N2O2S/c1-13-10-11-16(23-21(25)26)12-19(13)20(24)22-14(2)17-9-5-7-15-6-3-4-8-18(15)17/h3-12,14H,1-2H3,(H,22,24)(H2,23,25,26)/t14-/m1/s1. The van der Waals surface area contributed by atoms with Gasteiger partial charge < -0.3 is 10.6 Å². The first-order chi connectivity index (χ1) is 12.5. The number of benzene rings is 3. The van der Waals surface area contributed by atoms with E-state index < -0.39 is 5.24 Å². The van der Waals surface area contributed by atoms with E-state index >= 15 is 0 Å². The van der Waals surface area contributed by atoms with Crippen LogP contribution in [0.25, 0.3) is 10.8 Å². The highest BCUT2D eigenvalue weighted by atomic mass is 32.1. The summed E-state index contributed by atoms with van der Waals surface area (Å²) in [5.41, 5.74) is 2.97. The average molecular weight is 364 g/mol. The maximum atomic E-state index is 12.8. The minimum absolute atomic E-state index is 0.156. The molecule has 0 aromatic heterocycles. The summed E-state index contributed by atoms with van der Waals surface area (Å²) in [5, 5.41) is 7.43. The van der Waals surface area contributed by atoms with E-state index in [1.165, 1.54) is 0 Å². The normalized spacial score (nSPS) is 11.8. The van der Waals surface area contributed by atoms with Crippen molar-refractivity contribution in [2.45, 2.75) is 19.9 Å². The summed E-state index contributed by atoms with van der Waals surface area (Å²) < 4.78 is 0. The molecule has 0 spiro atoms. The third-order valence-corrected chi connectivity index (χ3v) is 4.48. The SMILES string of the molecule is Cc1ccc(NC(=O)S)cc1C(=O)N[C@H](C)c1cccc2ccccc12. The summed E-state index contributed by atoms with van der Waals surface area (Å²) in [6.07, 6.45) is 0. The highest BCUT2D eigenvalue weighted by Crippen LogP contribution is 2.25. The van der Waals surface area contributed by atoms with Crippen molar-refractivity contribution >= 4 is 40.2 Å². The number of carbonyl (C=O) groups excluding carboxylic acids is 2. The van der Waals surface area contributed by atoms with Crippen molar-refractivity contribution in [3.63, 3.8) is 0 Å². The van der Waals surface area contributed by atoms with Gasteiger partial charge in [0.05, 0.1) is 6.04 Å². The second-order valence-electron chi connectivity index (χ2n) is 6.22. The number of carbonyl (C=O) groups is 2. The Morgan fingerprint density at radius 1 is 1.00 bits per heavy atom. The highest BCUT2D eigenvalue weighted by molar-refractivity contribution is 7.96. The van der Waals surface area contributed by atoms with Crippen LogP contribution in [0.15, 0.2) is 60.7 Å². The summed E-state index contributed by atoms with van der Waals surface area (Å²) >= 11 is 3.71. The van der Waals surface area contributed by atoms with Gasteiger partial charge in [0.25, 0.3) is 11.1 Å². The molecule has 0 fully saturated rings. The van der Waals surface area contributed by atoms with E-state index in [1.807, 2.05) is 38.1 Å². The van der Waals surface area contributed by atoms with Crippen LogP contribution in [0.3, 0.4) is 0 Å². The highest BCUT2D eigenvalue weighted by Gasteiger charge is 2.16. The number of hydrogen-bond acceptors (Lipinski definition) is 2. The molecule has 2 N–H and O–H groups in total. The van der Waals surface area contributed by atoms with Crippen LogP contribution in [0, 0.1) is 6.92 Å². The van der Waals surface area contributed by atoms with Crippen LogP contribution < -0.4 is 10.6 Å². The van der Waals surface area contributed by atoms with Crippen LogP contribution in [0.1, 0.15) is 34.5 Å². The predicted octanol–water partition coefficient (Wildman–Crippen LogP) is 5.10. The maximum Gasteiger partial charge on any atom is 0.280 e. The summed E-state index contributed by atoms with van der Waals surface area (Å²) in [6, 6.07) is 19.2. The van der Waals surface area contributed by atoms with Gasteiger partial charge in [-0.3, -0.25) is 9.59 Å². The van der Waals surface area contributed by atoms with Crippen molar-refractivity contribution in [2.24, 2.45) is 0 Å². The van der Waals surface area contributed by atoms with Crippen LogP contribution in [0.2, 0.25) is 0 Å². The zero-order chi connectivity index (χ0) is 18.7. The van der Waals surface area contributed by atoms with Gasteiger partial charge in [0, 0.05) is 11.3 Å². The van der Waals surface area contributed by atoms with Gasteiger partial charge in [0.2, 0.25) is 0 Å². The molecule has 2 amide bonds. The van der Waals surface area contributed by atoms with Crippen molar-refractivity contribution in [2.75, 3.05) is 5.32 Å². The van der Waals surface area contributed by atoms with Gasteiger partial charge >= 0.3 is 0 Å². The molecule has 0 heterocycles. The Bertz CT molecular complexity index is 979. The Morgan fingerprint density at radius 2 is 1.73 bits per heavy atom. The Balaban J connectivity index is 1.86. The van der Waals surface area contributed by atoms with Gasteiger partial charge in [-0.25, -0.2) is 0 Å². The molecule has 1 atom stereocenters. The molecule has 132 valence electrons. The molecule has 4 nitrogen and oxygen atoms in total. The third kappa shape index (κ3) is 3.89. The van der Waals surface area contributed by atoms with Gasteiger partial charge in [0.1, 0.15) is 0 Å². The molecule has 0 unspecified atom stereocenters. The summed E-state index contributed by atoms with van der Waals surface area (Å²) in [6.45, 7) is 3.83. The first-order valence-electron chi connectivity index (χ1n) is 8.35. The van der Waals surface area contributed by atoms with E-state index in [4.69, 9.17) is 0 Å². The monoisotopic (exact) mass is 364 g/mol. The zero-order valence-electron chi connectivity index (χ0n) is 14.6. The Hall–Kier alpha value is -2.79. The number of hydrogen-bond donors (Lipinski definition) is 3. The van der Waals surface area contributed by atoms with Gasteiger partial charge in [-0.1, -0.05) is 61.2 Å². The van der Waals surface area contributed by atoms with E-state index in [1.54, 1.807) is 18.2 Å². The second-order valence-corrected chi connectivity index (χ2v) is 6.63. The third-order valence-electron chi connectivity index (χ3n) is 4.37. The van der Waals surface area contributed by atoms with Crippen molar-refractivity contribution in [3.05, 3.63) is 77.4 Å². The van der Waals surface area contributed by atoms with Crippen molar-refractivity contribution in [3.8, 4) is 0 Å². The molecule has 0 aliphatic carbocycles. The molecule has 3 rings (SSSR count). The smallest absolute Gasteiger partial charge is 0.280 e. The topological polar surface area (TPSA) is 58.2 Å². The molecule has 0 saturated heterocycles. The number of anilines is 1. The van der Waals surface area contributed by atoms with Crippen LogP contribution in [0.5, 0.6) is 0 Å². The second kappa shape index (κ2) is 7.62. The minimum Gasteiger partial charge on any atom is -0.345 e. The Labute approximate surface area is 158 Å². The maximum absolute atomic E-state index is 12.8. The zero-order valence-corrected chi connectivity index (χ0v) is 15.5.